The lowest BCUT2D eigenvalue weighted by Gasteiger charge is -2.15. The second kappa shape index (κ2) is 7.17. The van der Waals surface area contributed by atoms with Crippen LogP contribution in [0.4, 0.5) is 0 Å². The first kappa shape index (κ1) is 14.7. The maximum atomic E-state index is 12.0. The lowest BCUT2D eigenvalue weighted by atomic mass is 10.0. The fourth-order valence-electron chi connectivity index (χ4n) is 2.03. The number of hydrogen-bond donors (Lipinski definition) is 2. The summed E-state index contributed by atoms with van der Waals surface area (Å²) in [7, 11) is 0. The van der Waals surface area contributed by atoms with Gasteiger partial charge < -0.3 is 10.4 Å². The smallest absolute Gasteiger partial charge is 0.251 e. The van der Waals surface area contributed by atoms with E-state index < -0.39 is 0 Å². The molecule has 3 heteroatoms. The van der Waals surface area contributed by atoms with Crippen LogP contribution in [0, 0.1) is 19.8 Å². The molecule has 1 rings (SSSR count). The Labute approximate surface area is 109 Å². The van der Waals surface area contributed by atoms with Gasteiger partial charge in [-0.2, -0.15) is 0 Å². The highest BCUT2D eigenvalue weighted by atomic mass is 16.3. The molecule has 1 aromatic rings. The van der Waals surface area contributed by atoms with Gasteiger partial charge in [-0.05, 0) is 37.8 Å². The number of nitrogens with one attached hydrogen (secondary N) is 1. The average molecular weight is 249 g/mol. The molecular formula is C15H23NO2. The third kappa shape index (κ3) is 4.15. The lowest BCUT2D eigenvalue weighted by Crippen LogP contribution is -2.30. The van der Waals surface area contributed by atoms with Crippen molar-refractivity contribution >= 4 is 5.91 Å². The molecular weight excluding hydrogens is 226 g/mol. The number of aliphatic hydroxyl groups excluding tert-OH is 1. The van der Waals surface area contributed by atoms with Crippen LogP contribution in [0.2, 0.25) is 0 Å². The minimum absolute atomic E-state index is 0.0242. The number of aryl methyl sites for hydroxylation is 2. The number of carbonyl (C=O) groups is 1. The summed E-state index contributed by atoms with van der Waals surface area (Å²) in [6, 6.07) is 5.83. The standard InChI is InChI=1S/C15H23NO2/c1-4-13(7-8-17)10-16-15(18)14-6-5-11(2)9-12(14)3/h5-6,9,13,17H,4,7-8,10H2,1-3H3,(H,16,18). The zero-order valence-corrected chi connectivity index (χ0v) is 11.5. The van der Waals surface area contributed by atoms with E-state index in [-0.39, 0.29) is 12.5 Å². The maximum Gasteiger partial charge on any atom is 0.251 e. The van der Waals surface area contributed by atoms with Gasteiger partial charge in [0.15, 0.2) is 0 Å². The molecule has 18 heavy (non-hydrogen) atoms. The van der Waals surface area contributed by atoms with Crippen molar-refractivity contribution in [2.45, 2.75) is 33.6 Å². The molecule has 2 N–H and O–H groups in total. The van der Waals surface area contributed by atoms with E-state index in [4.69, 9.17) is 5.11 Å². The summed E-state index contributed by atoms with van der Waals surface area (Å²) in [5.41, 5.74) is 2.90. The minimum atomic E-state index is -0.0242. The van der Waals surface area contributed by atoms with Crippen molar-refractivity contribution in [3.8, 4) is 0 Å². The number of rotatable bonds is 6. The van der Waals surface area contributed by atoms with Crippen LogP contribution in [0.1, 0.15) is 41.3 Å². The Morgan fingerprint density at radius 3 is 2.67 bits per heavy atom. The van der Waals surface area contributed by atoms with Gasteiger partial charge in [-0.25, -0.2) is 0 Å². The van der Waals surface area contributed by atoms with Crippen LogP contribution < -0.4 is 5.32 Å². The van der Waals surface area contributed by atoms with Crippen LogP contribution in [-0.4, -0.2) is 24.2 Å². The number of aliphatic hydroxyl groups is 1. The molecule has 0 bridgehead atoms. The zero-order chi connectivity index (χ0) is 13.5. The molecule has 0 heterocycles. The Morgan fingerprint density at radius 1 is 1.39 bits per heavy atom. The van der Waals surface area contributed by atoms with Gasteiger partial charge in [-0.3, -0.25) is 4.79 Å². The van der Waals surface area contributed by atoms with E-state index in [0.717, 1.165) is 29.5 Å². The Hall–Kier alpha value is -1.35. The maximum absolute atomic E-state index is 12.0. The zero-order valence-electron chi connectivity index (χ0n) is 11.5. The molecule has 0 spiro atoms. The predicted molar refractivity (Wildman–Crippen MR) is 73.7 cm³/mol. The van der Waals surface area contributed by atoms with Crippen molar-refractivity contribution in [3.05, 3.63) is 34.9 Å². The van der Waals surface area contributed by atoms with Crippen molar-refractivity contribution in [2.24, 2.45) is 5.92 Å². The van der Waals surface area contributed by atoms with Crippen LogP contribution in [0.15, 0.2) is 18.2 Å². The summed E-state index contributed by atoms with van der Waals surface area (Å²) >= 11 is 0. The molecule has 0 aliphatic heterocycles. The first-order valence-corrected chi connectivity index (χ1v) is 6.54. The quantitative estimate of drug-likeness (QED) is 0.813. The van der Waals surface area contributed by atoms with Crippen LogP contribution in [0.3, 0.4) is 0 Å². The second-order valence-electron chi connectivity index (χ2n) is 4.81. The van der Waals surface area contributed by atoms with Crippen molar-refractivity contribution in [1.82, 2.24) is 5.32 Å². The fourth-order valence-corrected chi connectivity index (χ4v) is 2.03. The third-order valence-electron chi connectivity index (χ3n) is 3.29. The molecule has 1 aromatic carbocycles. The molecule has 1 atom stereocenters. The highest BCUT2D eigenvalue weighted by Gasteiger charge is 2.11. The Balaban J connectivity index is 2.59. The van der Waals surface area contributed by atoms with E-state index in [1.54, 1.807) is 0 Å². The molecule has 0 fully saturated rings. The summed E-state index contributed by atoms with van der Waals surface area (Å²) in [6.07, 6.45) is 1.71. The van der Waals surface area contributed by atoms with Gasteiger partial charge in [0.25, 0.3) is 5.91 Å². The number of carbonyl (C=O) groups excluding carboxylic acids is 1. The van der Waals surface area contributed by atoms with Gasteiger partial charge in [-0.1, -0.05) is 31.0 Å². The van der Waals surface area contributed by atoms with Crippen molar-refractivity contribution in [1.29, 1.82) is 0 Å². The predicted octanol–water partition coefficient (Wildman–Crippen LogP) is 2.44. The van der Waals surface area contributed by atoms with E-state index in [2.05, 4.69) is 12.2 Å². The van der Waals surface area contributed by atoms with E-state index >= 15 is 0 Å². The molecule has 0 aromatic heterocycles. The van der Waals surface area contributed by atoms with Gasteiger partial charge in [0.1, 0.15) is 0 Å². The van der Waals surface area contributed by atoms with Gasteiger partial charge in [0.05, 0.1) is 0 Å². The monoisotopic (exact) mass is 249 g/mol. The lowest BCUT2D eigenvalue weighted by molar-refractivity contribution is 0.0943. The Morgan fingerprint density at radius 2 is 2.11 bits per heavy atom. The second-order valence-corrected chi connectivity index (χ2v) is 4.81. The highest BCUT2D eigenvalue weighted by Crippen LogP contribution is 2.11. The van der Waals surface area contributed by atoms with E-state index in [1.165, 1.54) is 0 Å². The molecule has 0 saturated heterocycles. The van der Waals surface area contributed by atoms with Crippen LogP contribution in [0.25, 0.3) is 0 Å². The van der Waals surface area contributed by atoms with Crippen molar-refractivity contribution in [3.63, 3.8) is 0 Å². The van der Waals surface area contributed by atoms with Crippen LogP contribution in [-0.2, 0) is 0 Å². The van der Waals surface area contributed by atoms with Gasteiger partial charge >= 0.3 is 0 Å². The van der Waals surface area contributed by atoms with Crippen LogP contribution >= 0.6 is 0 Å². The topological polar surface area (TPSA) is 49.3 Å². The molecule has 100 valence electrons. The molecule has 0 radical (unpaired) electrons. The Kier molecular flexibility index (Phi) is 5.86. The summed E-state index contributed by atoms with van der Waals surface area (Å²) in [6.45, 7) is 6.85. The highest BCUT2D eigenvalue weighted by molar-refractivity contribution is 5.95. The van der Waals surface area contributed by atoms with Gasteiger partial charge in [0, 0.05) is 18.7 Å². The number of benzene rings is 1. The average Bonchev–Trinajstić information content (AvgIpc) is 2.34. The molecule has 3 nitrogen and oxygen atoms in total. The van der Waals surface area contributed by atoms with Gasteiger partial charge in [0.2, 0.25) is 0 Å². The first-order chi connectivity index (χ1) is 8.58. The van der Waals surface area contributed by atoms with E-state index in [0.29, 0.717) is 12.5 Å². The normalized spacial score (nSPS) is 12.2. The molecule has 0 aliphatic carbocycles. The van der Waals surface area contributed by atoms with Crippen LogP contribution in [0.5, 0.6) is 0 Å². The minimum Gasteiger partial charge on any atom is -0.396 e. The number of amides is 1. The molecule has 1 unspecified atom stereocenters. The first-order valence-electron chi connectivity index (χ1n) is 6.54. The van der Waals surface area contributed by atoms with Crippen molar-refractivity contribution < 1.29 is 9.90 Å². The fraction of sp³-hybridized carbons (Fsp3) is 0.533. The van der Waals surface area contributed by atoms with Crippen molar-refractivity contribution in [2.75, 3.05) is 13.2 Å². The van der Waals surface area contributed by atoms with E-state index in [1.807, 2.05) is 32.0 Å². The van der Waals surface area contributed by atoms with E-state index in [9.17, 15) is 4.79 Å². The van der Waals surface area contributed by atoms with Gasteiger partial charge in [-0.15, -0.1) is 0 Å². The molecule has 0 saturated carbocycles. The molecule has 1 amide bonds. The summed E-state index contributed by atoms with van der Waals surface area (Å²) < 4.78 is 0. The third-order valence-corrected chi connectivity index (χ3v) is 3.29. The molecule has 0 aliphatic rings. The SMILES string of the molecule is CCC(CCO)CNC(=O)c1ccc(C)cc1C. The summed E-state index contributed by atoms with van der Waals surface area (Å²) in [5.74, 6) is 0.327. The largest absolute Gasteiger partial charge is 0.396 e. The Bertz CT molecular complexity index is 401. The number of hydrogen-bond acceptors (Lipinski definition) is 2. The summed E-state index contributed by atoms with van der Waals surface area (Å²) in [4.78, 5) is 12.0. The summed E-state index contributed by atoms with van der Waals surface area (Å²) in [5, 5.41) is 11.9.